The van der Waals surface area contributed by atoms with Crippen molar-refractivity contribution >= 4 is 37.5 Å². The highest BCUT2D eigenvalue weighted by molar-refractivity contribution is 7.89. The van der Waals surface area contributed by atoms with Crippen LogP contribution >= 0.6 is 11.3 Å². The van der Waals surface area contributed by atoms with Gasteiger partial charge in [-0.2, -0.15) is 4.31 Å². The van der Waals surface area contributed by atoms with E-state index in [1.807, 2.05) is 0 Å². The second kappa shape index (κ2) is 8.40. The van der Waals surface area contributed by atoms with Crippen molar-refractivity contribution in [3.63, 3.8) is 0 Å². The Bertz CT molecular complexity index is 1280. The van der Waals surface area contributed by atoms with Crippen molar-refractivity contribution in [3.05, 3.63) is 57.9 Å². The van der Waals surface area contributed by atoms with Crippen LogP contribution in [0.1, 0.15) is 0 Å². The van der Waals surface area contributed by atoms with Gasteiger partial charge in [-0.3, -0.25) is 9.59 Å². The number of thiazole rings is 1. The zero-order valence-corrected chi connectivity index (χ0v) is 18.3. The molecular formula is C20H20FN3O5S2. The number of benzene rings is 2. The molecule has 1 aliphatic rings. The molecule has 1 fully saturated rings. The fourth-order valence-electron chi connectivity index (χ4n) is 3.37. The molecule has 0 atom stereocenters. The van der Waals surface area contributed by atoms with Gasteiger partial charge in [0, 0.05) is 33.2 Å². The molecule has 2 aromatic carbocycles. The van der Waals surface area contributed by atoms with Crippen molar-refractivity contribution in [3.8, 4) is 5.75 Å². The fourth-order valence-corrected chi connectivity index (χ4v) is 5.81. The molecule has 8 nitrogen and oxygen atoms in total. The minimum Gasteiger partial charge on any atom is -0.484 e. The minimum atomic E-state index is -3.74. The van der Waals surface area contributed by atoms with E-state index in [1.54, 1.807) is 18.0 Å². The average Bonchev–Trinajstić information content (AvgIpc) is 3.06. The molecule has 0 bridgehead atoms. The SMILES string of the molecule is Cn1c(=O)sc2cc(S(=O)(=O)N3CCN(C(=O)COc4ccc(F)cc4)CC3)ccc21. The largest absolute Gasteiger partial charge is 0.484 e. The monoisotopic (exact) mass is 465 g/mol. The Balaban J connectivity index is 1.38. The summed E-state index contributed by atoms with van der Waals surface area (Å²) in [6.07, 6.45) is 0. The number of sulfonamides is 1. The molecule has 11 heteroatoms. The first-order chi connectivity index (χ1) is 14.8. The van der Waals surface area contributed by atoms with E-state index in [1.165, 1.54) is 45.3 Å². The maximum absolute atomic E-state index is 13.0. The van der Waals surface area contributed by atoms with E-state index >= 15 is 0 Å². The number of hydrogen-bond acceptors (Lipinski definition) is 6. The first-order valence-electron chi connectivity index (χ1n) is 9.51. The van der Waals surface area contributed by atoms with Gasteiger partial charge in [0.25, 0.3) is 5.91 Å². The molecule has 2 heterocycles. The number of nitrogens with zero attached hydrogens (tertiary/aromatic N) is 3. The standard InChI is InChI=1S/C20H20FN3O5S2/c1-22-17-7-6-16(12-18(17)30-20(22)26)31(27,28)24-10-8-23(9-11-24)19(25)13-29-15-4-2-14(21)3-5-15/h2-7,12H,8-11,13H2,1H3. The second-order valence-electron chi connectivity index (χ2n) is 7.08. The molecule has 3 aromatic rings. The maximum atomic E-state index is 13.0. The third-order valence-corrected chi connectivity index (χ3v) is 8.06. The molecule has 4 rings (SSSR count). The average molecular weight is 466 g/mol. The number of fused-ring (bicyclic) bond motifs is 1. The van der Waals surface area contributed by atoms with Gasteiger partial charge in [0.1, 0.15) is 11.6 Å². The Hall–Kier alpha value is -2.76. The molecule has 1 aromatic heterocycles. The van der Waals surface area contributed by atoms with E-state index in [9.17, 15) is 22.4 Å². The topological polar surface area (TPSA) is 88.9 Å². The second-order valence-corrected chi connectivity index (χ2v) is 10.0. The Morgan fingerprint density at radius 3 is 2.45 bits per heavy atom. The van der Waals surface area contributed by atoms with Gasteiger partial charge in [0.2, 0.25) is 10.0 Å². The van der Waals surface area contributed by atoms with E-state index in [-0.39, 0.29) is 48.5 Å². The number of carbonyl (C=O) groups excluding carboxylic acids is 1. The molecule has 0 saturated carbocycles. The van der Waals surface area contributed by atoms with E-state index in [4.69, 9.17) is 4.74 Å². The number of ether oxygens (including phenoxy) is 1. The van der Waals surface area contributed by atoms with Crippen LogP contribution in [-0.2, 0) is 21.9 Å². The normalized spacial score (nSPS) is 15.4. The number of halogens is 1. The van der Waals surface area contributed by atoms with Gasteiger partial charge in [-0.15, -0.1) is 0 Å². The highest BCUT2D eigenvalue weighted by Gasteiger charge is 2.30. The molecule has 0 N–H and O–H groups in total. The molecule has 1 aliphatic heterocycles. The summed E-state index contributed by atoms with van der Waals surface area (Å²) in [5.74, 6) is -0.275. The van der Waals surface area contributed by atoms with Crippen molar-refractivity contribution in [1.29, 1.82) is 0 Å². The fraction of sp³-hybridized carbons (Fsp3) is 0.300. The summed E-state index contributed by atoms with van der Waals surface area (Å²) in [6.45, 7) is 0.598. The summed E-state index contributed by atoms with van der Waals surface area (Å²) in [7, 11) is -2.10. The Kier molecular flexibility index (Phi) is 5.82. The van der Waals surface area contributed by atoms with Crippen molar-refractivity contribution in [1.82, 2.24) is 13.8 Å². The minimum absolute atomic E-state index is 0.126. The third kappa shape index (κ3) is 4.34. The number of rotatable bonds is 5. The van der Waals surface area contributed by atoms with E-state index in [2.05, 4.69) is 0 Å². The highest BCUT2D eigenvalue weighted by Crippen LogP contribution is 2.24. The van der Waals surface area contributed by atoms with Crippen molar-refractivity contribution in [2.45, 2.75) is 4.90 Å². The summed E-state index contributed by atoms with van der Waals surface area (Å²) in [5, 5.41) is 0. The van der Waals surface area contributed by atoms with E-state index in [0.29, 0.717) is 16.0 Å². The number of amides is 1. The van der Waals surface area contributed by atoms with Crippen LogP contribution in [0.25, 0.3) is 10.2 Å². The van der Waals surface area contributed by atoms with E-state index in [0.717, 1.165) is 11.3 Å². The van der Waals surface area contributed by atoms with Crippen molar-refractivity contribution < 1.29 is 22.3 Å². The van der Waals surface area contributed by atoms with Crippen LogP contribution in [0.3, 0.4) is 0 Å². The Labute approximate surface area is 182 Å². The van der Waals surface area contributed by atoms with Gasteiger partial charge in [-0.05, 0) is 42.5 Å². The van der Waals surface area contributed by atoms with Crippen LogP contribution in [0.4, 0.5) is 4.39 Å². The zero-order chi connectivity index (χ0) is 22.2. The van der Waals surface area contributed by atoms with Crippen LogP contribution in [0.2, 0.25) is 0 Å². The van der Waals surface area contributed by atoms with Crippen LogP contribution in [0.5, 0.6) is 5.75 Å². The molecular weight excluding hydrogens is 445 g/mol. The Morgan fingerprint density at radius 2 is 1.77 bits per heavy atom. The van der Waals surface area contributed by atoms with Crippen molar-refractivity contribution in [2.75, 3.05) is 32.8 Å². The van der Waals surface area contributed by atoms with Gasteiger partial charge in [-0.1, -0.05) is 11.3 Å². The van der Waals surface area contributed by atoms with E-state index < -0.39 is 15.8 Å². The van der Waals surface area contributed by atoms with Crippen LogP contribution in [0.15, 0.2) is 52.2 Å². The predicted molar refractivity (Wildman–Crippen MR) is 114 cm³/mol. The zero-order valence-electron chi connectivity index (χ0n) is 16.7. The van der Waals surface area contributed by atoms with Gasteiger partial charge in [0.15, 0.2) is 6.61 Å². The number of aromatic nitrogens is 1. The first-order valence-corrected chi connectivity index (χ1v) is 11.8. The quantitative estimate of drug-likeness (QED) is 0.572. The van der Waals surface area contributed by atoms with Crippen LogP contribution < -0.4 is 9.61 Å². The molecule has 1 saturated heterocycles. The summed E-state index contributed by atoms with van der Waals surface area (Å²) in [4.78, 5) is 25.7. The third-order valence-electron chi connectivity index (χ3n) is 5.17. The van der Waals surface area contributed by atoms with Gasteiger partial charge in [0.05, 0.1) is 15.1 Å². The lowest BCUT2D eigenvalue weighted by Crippen LogP contribution is -2.51. The lowest BCUT2D eigenvalue weighted by molar-refractivity contribution is -0.134. The summed E-state index contributed by atoms with van der Waals surface area (Å²) < 4.78 is 47.8. The molecule has 0 unspecified atom stereocenters. The summed E-state index contributed by atoms with van der Waals surface area (Å²) in [5.41, 5.74) is 0.686. The first kappa shape index (κ1) is 21.5. The molecule has 0 aliphatic carbocycles. The molecule has 31 heavy (non-hydrogen) atoms. The molecule has 0 spiro atoms. The number of carbonyl (C=O) groups is 1. The number of piperazine rings is 1. The van der Waals surface area contributed by atoms with Crippen LogP contribution in [0, 0.1) is 5.82 Å². The lowest BCUT2D eigenvalue weighted by atomic mass is 10.3. The smallest absolute Gasteiger partial charge is 0.307 e. The number of hydrogen-bond donors (Lipinski definition) is 0. The predicted octanol–water partition coefficient (Wildman–Crippen LogP) is 1.65. The van der Waals surface area contributed by atoms with Gasteiger partial charge >= 0.3 is 4.87 Å². The maximum Gasteiger partial charge on any atom is 0.307 e. The Morgan fingerprint density at radius 1 is 1.10 bits per heavy atom. The van der Waals surface area contributed by atoms with Gasteiger partial charge < -0.3 is 14.2 Å². The molecule has 0 radical (unpaired) electrons. The highest BCUT2D eigenvalue weighted by atomic mass is 32.2. The number of aryl methyl sites for hydroxylation is 1. The lowest BCUT2D eigenvalue weighted by Gasteiger charge is -2.34. The summed E-state index contributed by atoms with van der Waals surface area (Å²) in [6, 6.07) is 10.0. The summed E-state index contributed by atoms with van der Waals surface area (Å²) >= 11 is 1.00. The molecule has 164 valence electrons. The van der Waals surface area contributed by atoms with Crippen molar-refractivity contribution in [2.24, 2.45) is 7.05 Å². The molecule has 1 amide bonds. The van der Waals surface area contributed by atoms with Gasteiger partial charge in [-0.25, -0.2) is 12.8 Å². The van der Waals surface area contributed by atoms with Crippen LogP contribution in [-0.4, -0.2) is 60.9 Å².